The Hall–Kier alpha value is -0.900. The smallest absolute Gasteiger partial charge is 0.0827 e. The highest BCUT2D eigenvalue weighted by atomic mass is 15.4. The van der Waals surface area contributed by atoms with Crippen molar-refractivity contribution in [3.63, 3.8) is 0 Å². The summed E-state index contributed by atoms with van der Waals surface area (Å²) in [7, 11) is 1.91. The molecule has 0 saturated carbocycles. The minimum Gasteiger partial charge on any atom is -0.314 e. The molecule has 1 N–H and O–H groups in total. The van der Waals surface area contributed by atoms with Crippen molar-refractivity contribution in [1.82, 2.24) is 20.3 Å². The quantitative estimate of drug-likeness (QED) is 0.742. The van der Waals surface area contributed by atoms with Crippen LogP contribution in [0.25, 0.3) is 0 Å². The monoisotopic (exact) mass is 210 g/mol. The fourth-order valence-electron chi connectivity index (χ4n) is 1.82. The maximum absolute atomic E-state index is 4.09. The van der Waals surface area contributed by atoms with Crippen LogP contribution >= 0.6 is 0 Å². The molecule has 1 rings (SSSR count). The molecule has 0 amide bonds. The number of hydrogen-bond acceptors (Lipinski definition) is 3. The van der Waals surface area contributed by atoms with E-state index in [9.17, 15) is 0 Å². The van der Waals surface area contributed by atoms with Crippen LogP contribution in [0.15, 0.2) is 6.20 Å². The van der Waals surface area contributed by atoms with E-state index >= 15 is 0 Å². The molecular formula is C11H22N4. The Morgan fingerprint density at radius 2 is 2.20 bits per heavy atom. The second-order valence-corrected chi connectivity index (χ2v) is 3.97. The first-order valence-electron chi connectivity index (χ1n) is 5.84. The molecule has 1 unspecified atom stereocenters. The van der Waals surface area contributed by atoms with Gasteiger partial charge >= 0.3 is 0 Å². The van der Waals surface area contributed by atoms with Crippen LogP contribution in [0.1, 0.15) is 38.8 Å². The van der Waals surface area contributed by atoms with Crippen molar-refractivity contribution in [2.24, 2.45) is 7.05 Å². The molecule has 1 heterocycles. The average molecular weight is 210 g/mol. The van der Waals surface area contributed by atoms with Gasteiger partial charge in [0.15, 0.2) is 0 Å². The molecule has 0 bridgehead atoms. The van der Waals surface area contributed by atoms with E-state index in [2.05, 4.69) is 29.5 Å². The molecule has 0 radical (unpaired) electrons. The molecule has 86 valence electrons. The first-order valence-corrected chi connectivity index (χ1v) is 5.84. The molecule has 4 heteroatoms. The van der Waals surface area contributed by atoms with E-state index in [1.165, 1.54) is 12.8 Å². The molecule has 0 saturated heterocycles. The van der Waals surface area contributed by atoms with E-state index in [0.717, 1.165) is 25.1 Å². The summed E-state index contributed by atoms with van der Waals surface area (Å²) in [4.78, 5) is 0. The number of hydrogen-bond donors (Lipinski definition) is 1. The van der Waals surface area contributed by atoms with Crippen molar-refractivity contribution < 1.29 is 0 Å². The summed E-state index contributed by atoms with van der Waals surface area (Å²) >= 11 is 0. The van der Waals surface area contributed by atoms with E-state index in [1.807, 2.05) is 13.2 Å². The van der Waals surface area contributed by atoms with Gasteiger partial charge in [0.2, 0.25) is 0 Å². The third kappa shape index (κ3) is 4.42. The number of nitrogens with one attached hydrogen (secondary N) is 1. The Morgan fingerprint density at radius 1 is 1.40 bits per heavy atom. The Kier molecular flexibility index (Phi) is 5.32. The topological polar surface area (TPSA) is 42.7 Å². The van der Waals surface area contributed by atoms with Crippen molar-refractivity contribution in [1.29, 1.82) is 0 Å². The highest BCUT2D eigenvalue weighted by Crippen LogP contribution is 2.06. The van der Waals surface area contributed by atoms with E-state index in [4.69, 9.17) is 0 Å². The Labute approximate surface area is 92.1 Å². The molecule has 0 aliphatic carbocycles. The number of aryl methyl sites for hydroxylation is 2. The minimum atomic E-state index is 0.627. The summed E-state index contributed by atoms with van der Waals surface area (Å²) in [5.74, 6) is 0. The van der Waals surface area contributed by atoms with Crippen molar-refractivity contribution in [3.05, 3.63) is 11.9 Å². The highest BCUT2D eigenvalue weighted by molar-refractivity contribution is 4.92. The predicted octanol–water partition coefficient (Wildman–Crippen LogP) is 1.53. The molecule has 15 heavy (non-hydrogen) atoms. The van der Waals surface area contributed by atoms with Crippen LogP contribution in [0.4, 0.5) is 0 Å². The molecule has 0 aliphatic rings. The second kappa shape index (κ2) is 6.56. The second-order valence-electron chi connectivity index (χ2n) is 3.97. The van der Waals surface area contributed by atoms with E-state index < -0.39 is 0 Å². The van der Waals surface area contributed by atoms with Crippen LogP contribution < -0.4 is 5.32 Å². The average Bonchev–Trinajstić information content (AvgIpc) is 2.61. The van der Waals surface area contributed by atoms with Gasteiger partial charge in [-0.25, -0.2) is 0 Å². The van der Waals surface area contributed by atoms with Crippen molar-refractivity contribution in [2.45, 2.75) is 45.6 Å². The van der Waals surface area contributed by atoms with Gasteiger partial charge in [-0.1, -0.05) is 25.5 Å². The zero-order valence-electron chi connectivity index (χ0n) is 10.0. The summed E-state index contributed by atoms with van der Waals surface area (Å²) in [5.41, 5.74) is 1.09. The molecular weight excluding hydrogens is 188 g/mol. The summed E-state index contributed by atoms with van der Waals surface area (Å²) < 4.78 is 1.76. The molecule has 1 aromatic rings. The van der Waals surface area contributed by atoms with Gasteiger partial charge < -0.3 is 5.32 Å². The molecule has 0 fully saturated rings. The minimum absolute atomic E-state index is 0.627. The Balaban J connectivity index is 2.32. The van der Waals surface area contributed by atoms with E-state index in [0.29, 0.717) is 6.04 Å². The standard InChI is InChI=1S/C11H22N4/c1-4-6-10(12-5-2)7-8-11-9-15(3)14-13-11/h9-10,12H,4-8H2,1-3H3. The SMILES string of the molecule is CCCC(CCc1cn(C)nn1)NCC. The number of aromatic nitrogens is 3. The first kappa shape index (κ1) is 12.2. The van der Waals surface area contributed by atoms with Crippen LogP contribution in [0.2, 0.25) is 0 Å². The van der Waals surface area contributed by atoms with Gasteiger partial charge in [0.25, 0.3) is 0 Å². The van der Waals surface area contributed by atoms with Gasteiger partial charge in [-0.15, -0.1) is 5.10 Å². The lowest BCUT2D eigenvalue weighted by molar-refractivity contribution is 0.458. The molecule has 4 nitrogen and oxygen atoms in total. The van der Waals surface area contributed by atoms with E-state index in [-0.39, 0.29) is 0 Å². The lowest BCUT2D eigenvalue weighted by Crippen LogP contribution is -2.29. The van der Waals surface area contributed by atoms with Crippen LogP contribution in [0, 0.1) is 0 Å². The van der Waals surface area contributed by atoms with Crippen molar-refractivity contribution in [2.75, 3.05) is 6.54 Å². The van der Waals surface area contributed by atoms with Gasteiger partial charge in [0.1, 0.15) is 0 Å². The Bertz CT molecular complexity index is 263. The molecule has 1 atom stereocenters. The largest absolute Gasteiger partial charge is 0.314 e. The zero-order chi connectivity index (χ0) is 11.1. The third-order valence-electron chi connectivity index (χ3n) is 2.53. The molecule has 0 aliphatic heterocycles. The van der Waals surface area contributed by atoms with Crippen LogP contribution in [-0.2, 0) is 13.5 Å². The van der Waals surface area contributed by atoms with Crippen molar-refractivity contribution >= 4 is 0 Å². The summed E-state index contributed by atoms with van der Waals surface area (Å²) in [5, 5.41) is 11.5. The lowest BCUT2D eigenvalue weighted by Gasteiger charge is -2.15. The summed E-state index contributed by atoms with van der Waals surface area (Å²) in [6, 6.07) is 0.627. The molecule has 1 aromatic heterocycles. The van der Waals surface area contributed by atoms with Gasteiger partial charge in [-0.3, -0.25) is 4.68 Å². The lowest BCUT2D eigenvalue weighted by atomic mass is 10.1. The van der Waals surface area contributed by atoms with E-state index in [1.54, 1.807) is 4.68 Å². The highest BCUT2D eigenvalue weighted by Gasteiger charge is 2.07. The van der Waals surface area contributed by atoms with Gasteiger partial charge in [0, 0.05) is 19.3 Å². The molecule has 0 aromatic carbocycles. The van der Waals surface area contributed by atoms with Gasteiger partial charge in [-0.2, -0.15) is 0 Å². The number of nitrogens with zero attached hydrogens (tertiary/aromatic N) is 3. The fraction of sp³-hybridized carbons (Fsp3) is 0.818. The van der Waals surface area contributed by atoms with Crippen LogP contribution in [-0.4, -0.2) is 27.6 Å². The predicted molar refractivity (Wildman–Crippen MR) is 61.7 cm³/mol. The first-order chi connectivity index (χ1) is 7.26. The summed E-state index contributed by atoms with van der Waals surface area (Å²) in [6.07, 6.45) is 6.65. The fourth-order valence-corrected chi connectivity index (χ4v) is 1.82. The maximum Gasteiger partial charge on any atom is 0.0827 e. The van der Waals surface area contributed by atoms with Crippen molar-refractivity contribution in [3.8, 4) is 0 Å². The third-order valence-corrected chi connectivity index (χ3v) is 2.53. The number of rotatable bonds is 7. The maximum atomic E-state index is 4.09. The zero-order valence-corrected chi connectivity index (χ0v) is 10.0. The summed E-state index contributed by atoms with van der Waals surface area (Å²) in [6.45, 7) is 5.43. The molecule has 0 spiro atoms. The van der Waals surface area contributed by atoms with Crippen LogP contribution in [0.3, 0.4) is 0 Å². The Morgan fingerprint density at radius 3 is 2.73 bits per heavy atom. The van der Waals surface area contributed by atoms with Crippen LogP contribution in [0.5, 0.6) is 0 Å². The van der Waals surface area contributed by atoms with Gasteiger partial charge in [0.05, 0.1) is 5.69 Å². The van der Waals surface area contributed by atoms with Gasteiger partial charge in [-0.05, 0) is 25.8 Å². The normalized spacial score (nSPS) is 13.0.